The number of carbonyl (C=O) groups is 1. The molecule has 1 heterocycles. The molecule has 18 heteroatoms. The molecule has 0 spiro atoms. The molecule has 0 amide bonds. The second-order valence-electron chi connectivity index (χ2n) is 7.33. The van der Waals surface area contributed by atoms with Gasteiger partial charge in [-0.1, -0.05) is 5.10 Å². The third-order valence-corrected chi connectivity index (χ3v) is 4.35. The predicted molar refractivity (Wildman–Crippen MR) is 104 cm³/mol. The largest absolute Gasteiger partial charge is 0.416 e. The van der Waals surface area contributed by atoms with E-state index in [2.05, 4.69) is 20.7 Å². The van der Waals surface area contributed by atoms with Crippen molar-refractivity contribution in [1.29, 1.82) is 0 Å². The monoisotopic (exact) mass is 567 g/mol. The summed E-state index contributed by atoms with van der Waals surface area (Å²) >= 11 is 0. The van der Waals surface area contributed by atoms with Gasteiger partial charge in [0.15, 0.2) is 0 Å². The molecule has 1 N–H and O–H groups in total. The summed E-state index contributed by atoms with van der Waals surface area (Å²) in [6.45, 7) is -0.307. The summed E-state index contributed by atoms with van der Waals surface area (Å²) in [5, 5.41) is 13.2. The molecule has 38 heavy (non-hydrogen) atoms. The first-order valence-corrected chi connectivity index (χ1v) is 9.71. The molecule has 3 rings (SSSR count). The molecule has 0 unspecified atom stereocenters. The number of carbonyl (C=O) groups excluding carboxylic acids is 1. The van der Waals surface area contributed by atoms with Crippen molar-refractivity contribution in [3.63, 3.8) is 0 Å². The maximum absolute atomic E-state index is 12.7. The number of nitrogens with one attached hydrogen (secondary N) is 1. The summed E-state index contributed by atoms with van der Waals surface area (Å²) in [4.78, 5) is 11.3. The van der Waals surface area contributed by atoms with E-state index in [1.54, 1.807) is 0 Å². The maximum Gasteiger partial charge on any atom is 0.416 e. The average molecular weight is 567 g/mol. The quantitative estimate of drug-likeness (QED) is 0.292. The molecule has 2 aromatic carbocycles. The van der Waals surface area contributed by atoms with Gasteiger partial charge in [0.05, 0.1) is 29.3 Å². The van der Waals surface area contributed by atoms with Crippen molar-refractivity contribution in [3.05, 3.63) is 69.8 Å². The Morgan fingerprint density at radius 1 is 0.711 bits per heavy atom. The zero-order chi connectivity index (χ0) is 29.1. The van der Waals surface area contributed by atoms with Gasteiger partial charge >= 0.3 is 24.7 Å². The number of benzene rings is 2. The molecule has 0 saturated carbocycles. The lowest BCUT2D eigenvalue weighted by molar-refractivity contribution is -0.144. The Morgan fingerprint density at radius 2 is 1.11 bits per heavy atom. The molecular formula is C20H13F12N5O. The van der Waals surface area contributed by atoms with Crippen molar-refractivity contribution in [2.24, 2.45) is 7.05 Å². The molecule has 0 bridgehead atoms. The normalized spacial score (nSPS) is 12.6. The first-order valence-electron chi connectivity index (χ1n) is 9.71. The lowest BCUT2D eigenvalue weighted by Crippen LogP contribution is -2.13. The Labute approximate surface area is 204 Å². The van der Waals surface area contributed by atoms with Crippen LogP contribution in [0.2, 0.25) is 0 Å². The molecule has 0 aliphatic carbocycles. The smallest absolute Gasteiger partial charge is 0.348 e. The fourth-order valence-electron chi connectivity index (χ4n) is 2.70. The van der Waals surface area contributed by atoms with Gasteiger partial charge in [0.2, 0.25) is 0 Å². The number of nitrogens with zero attached hydrogens (tertiary/aromatic N) is 4. The molecule has 3 aromatic rings. The van der Waals surface area contributed by atoms with Crippen LogP contribution < -0.4 is 5.32 Å². The molecule has 0 atom stereocenters. The summed E-state index contributed by atoms with van der Waals surface area (Å²) in [5.74, 6) is -0.00605. The second kappa shape index (κ2) is 10.9. The molecule has 0 aliphatic rings. The number of aromatic nitrogens is 4. The van der Waals surface area contributed by atoms with Crippen molar-refractivity contribution in [1.82, 2.24) is 20.2 Å². The van der Waals surface area contributed by atoms with Gasteiger partial charge in [0.25, 0.3) is 5.95 Å². The molecule has 1 aromatic heterocycles. The fourth-order valence-corrected chi connectivity index (χ4v) is 2.70. The van der Waals surface area contributed by atoms with Crippen LogP contribution in [0.5, 0.6) is 0 Å². The molecule has 0 saturated heterocycles. The molecule has 0 radical (unpaired) electrons. The highest BCUT2D eigenvalue weighted by Gasteiger charge is 2.38. The minimum absolute atomic E-state index is 0.00605. The van der Waals surface area contributed by atoms with Crippen LogP contribution in [0, 0.1) is 0 Å². The number of halogens is 12. The minimum atomic E-state index is -4.92. The highest BCUT2D eigenvalue weighted by Crippen LogP contribution is 2.37. The summed E-state index contributed by atoms with van der Waals surface area (Å²) in [6, 6.07) is 2.04. The first-order chi connectivity index (χ1) is 17.2. The van der Waals surface area contributed by atoms with E-state index in [4.69, 9.17) is 0 Å². The number of alkyl halides is 12. The minimum Gasteiger partial charge on any atom is -0.348 e. The van der Waals surface area contributed by atoms with Gasteiger partial charge in [-0.2, -0.15) is 57.5 Å². The van der Waals surface area contributed by atoms with Gasteiger partial charge in [-0.15, -0.1) is 5.10 Å². The maximum atomic E-state index is 12.7. The summed E-state index contributed by atoms with van der Waals surface area (Å²) < 4.78 is 149. The van der Waals surface area contributed by atoms with Gasteiger partial charge < -0.3 is 5.32 Å². The summed E-state index contributed by atoms with van der Waals surface area (Å²) in [7, 11) is 1.46. The number of tetrazole rings is 1. The Balaban J connectivity index is 0.000000281. The standard InChI is InChI=1S/C11H9F6N5.C9H4F6O/c1-22-20-9(19-21-22)18-5-6-2-7(10(12,13)14)4-8(3-6)11(15,16)17;10-8(11,12)6-1-5(4-16)2-7(3-6)9(13,14)15/h2-4H,5H2,1H3,(H,18,20);1-4H. The molecule has 0 aliphatic heterocycles. The lowest BCUT2D eigenvalue weighted by atomic mass is 10.0. The lowest BCUT2D eigenvalue weighted by Gasteiger charge is -2.14. The van der Waals surface area contributed by atoms with Crippen molar-refractivity contribution in [2.75, 3.05) is 5.32 Å². The van der Waals surface area contributed by atoms with Crippen LogP contribution in [-0.4, -0.2) is 26.5 Å². The number of hydrogen-bond donors (Lipinski definition) is 1. The van der Waals surface area contributed by atoms with Gasteiger partial charge in [0, 0.05) is 12.1 Å². The van der Waals surface area contributed by atoms with E-state index in [-0.39, 0.29) is 36.5 Å². The molecule has 208 valence electrons. The van der Waals surface area contributed by atoms with Crippen LogP contribution in [0.4, 0.5) is 58.6 Å². The van der Waals surface area contributed by atoms with E-state index in [1.165, 1.54) is 7.05 Å². The number of hydrogen-bond acceptors (Lipinski definition) is 5. The van der Waals surface area contributed by atoms with Crippen molar-refractivity contribution < 1.29 is 57.5 Å². The summed E-state index contributed by atoms with van der Waals surface area (Å²) in [6.07, 6.45) is -19.6. The zero-order valence-electron chi connectivity index (χ0n) is 18.5. The number of aryl methyl sites for hydroxylation is 1. The van der Waals surface area contributed by atoms with Crippen molar-refractivity contribution in [3.8, 4) is 0 Å². The first kappa shape index (κ1) is 30.4. The van der Waals surface area contributed by atoms with Crippen molar-refractivity contribution >= 4 is 12.2 Å². The Hall–Kier alpha value is -3.86. The van der Waals surface area contributed by atoms with Crippen LogP contribution in [0.25, 0.3) is 0 Å². The van der Waals surface area contributed by atoms with Crippen LogP contribution in [0.15, 0.2) is 36.4 Å². The number of rotatable bonds is 4. The topological polar surface area (TPSA) is 72.7 Å². The van der Waals surface area contributed by atoms with Crippen LogP contribution in [0.3, 0.4) is 0 Å². The van der Waals surface area contributed by atoms with Crippen LogP contribution in [-0.2, 0) is 38.3 Å². The molecular weight excluding hydrogens is 554 g/mol. The van der Waals surface area contributed by atoms with E-state index in [0.717, 1.165) is 4.80 Å². The van der Waals surface area contributed by atoms with E-state index in [9.17, 15) is 57.5 Å². The van der Waals surface area contributed by atoms with E-state index in [0.29, 0.717) is 24.3 Å². The highest BCUT2D eigenvalue weighted by molar-refractivity contribution is 5.75. The van der Waals surface area contributed by atoms with Crippen LogP contribution in [0.1, 0.15) is 38.2 Å². The fraction of sp³-hybridized carbons (Fsp3) is 0.300. The predicted octanol–water partition coefficient (Wildman–Crippen LogP) is 6.40. The van der Waals surface area contributed by atoms with Gasteiger partial charge in [-0.3, -0.25) is 4.79 Å². The number of aldehydes is 1. The Bertz CT molecular complexity index is 1190. The molecule has 6 nitrogen and oxygen atoms in total. The molecule has 0 fully saturated rings. The van der Waals surface area contributed by atoms with E-state index < -0.39 is 52.5 Å². The van der Waals surface area contributed by atoms with Crippen molar-refractivity contribution in [2.45, 2.75) is 31.2 Å². The Morgan fingerprint density at radius 3 is 1.42 bits per heavy atom. The average Bonchev–Trinajstić information content (AvgIpc) is 3.20. The van der Waals surface area contributed by atoms with E-state index >= 15 is 0 Å². The number of anilines is 1. The SMILES string of the molecule is Cn1nnc(NCc2cc(C(F)(F)F)cc(C(F)(F)F)c2)n1.O=Cc1cc(C(F)(F)F)cc(C(F)(F)F)c1. The zero-order valence-corrected chi connectivity index (χ0v) is 18.5. The summed E-state index contributed by atoms with van der Waals surface area (Å²) in [5.41, 5.74) is -6.59. The van der Waals surface area contributed by atoms with E-state index in [1.807, 2.05) is 0 Å². The Kier molecular flexibility index (Phi) is 8.68. The van der Waals surface area contributed by atoms with Gasteiger partial charge in [-0.25, -0.2) is 0 Å². The van der Waals surface area contributed by atoms with Crippen LogP contribution >= 0.6 is 0 Å². The third kappa shape index (κ3) is 8.62. The highest BCUT2D eigenvalue weighted by atomic mass is 19.4. The second-order valence-corrected chi connectivity index (χ2v) is 7.33. The third-order valence-electron chi connectivity index (χ3n) is 4.35. The van der Waals surface area contributed by atoms with Gasteiger partial charge in [0.1, 0.15) is 6.29 Å². The van der Waals surface area contributed by atoms with Gasteiger partial charge in [-0.05, 0) is 47.2 Å².